The lowest BCUT2D eigenvalue weighted by Crippen LogP contribution is -2.25. The highest BCUT2D eigenvalue weighted by molar-refractivity contribution is 5.78. The molecule has 0 aliphatic carbocycles. The summed E-state index contributed by atoms with van der Waals surface area (Å²) in [5.41, 5.74) is 0.756. The van der Waals surface area contributed by atoms with Crippen molar-refractivity contribution in [2.75, 3.05) is 13.2 Å². The lowest BCUT2D eigenvalue weighted by molar-refractivity contribution is -0.120. The number of pyridine rings is 1. The van der Waals surface area contributed by atoms with Crippen LogP contribution < -0.4 is 10.1 Å². The van der Waals surface area contributed by atoms with E-state index in [1.807, 2.05) is 0 Å². The summed E-state index contributed by atoms with van der Waals surface area (Å²) in [6, 6.07) is 9.40. The van der Waals surface area contributed by atoms with Gasteiger partial charge in [-0.1, -0.05) is 24.0 Å². The number of ether oxygens (including phenoxy) is 1. The second-order valence-corrected chi connectivity index (χ2v) is 4.41. The van der Waals surface area contributed by atoms with Crippen LogP contribution in [0, 0.1) is 17.7 Å². The number of carbonyl (C=O) groups excluding carboxylic acids is 1. The van der Waals surface area contributed by atoms with Crippen molar-refractivity contribution in [3.05, 3.63) is 60.2 Å². The van der Waals surface area contributed by atoms with Gasteiger partial charge in [0.25, 0.3) is 0 Å². The summed E-state index contributed by atoms with van der Waals surface area (Å²) in [6.07, 6.45) is 3.47. The molecule has 0 atom stereocenters. The van der Waals surface area contributed by atoms with Gasteiger partial charge in [0.15, 0.2) is 0 Å². The molecular weight excluding hydrogens is 283 g/mol. The molecule has 0 spiro atoms. The number of carbonyl (C=O) groups is 1. The van der Waals surface area contributed by atoms with Crippen LogP contribution in [0.5, 0.6) is 5.75 Å². The number of nitrogens with one attached hydrogen (secondary N) is 1. The number of halogens is 1. The van der Waals surface area contributed by atoms with Crippen LogP contribution >= 0.6 is 0 Å². The van der Waals surface area contributed by atoms with E-state index in [9.17, 15) is 9.18 Å². The molecule has 0 saturated heterocycles. The smallest absolute Gasteiger partial charge is 0.225 e. The van der Waals surface area contributed by atoms with E-state index < -0.39 is 0 Å². The minimum atomic E-state index is -0.316. The molecule has 1 N–H and O–H groups in total. The summed E-state index contributed by atoms with van der Waals surface area (Å²) in [5.74, 6) is 5.77. The van der Waals surface area contributed by atoms with E-state index in [1.165, 1.54) is 12.1 Å². The van der Waals surface area contributed by atoms with Crippen molar-refractivity contribution >= 4 is 5.91 Å². The SMILES string of the molecule is O=C(Cc1ccc(F)cc1)NCC#CCOc1cccnc1. The molecule has 112 valence electrons. The zero-order valence-electron chi connectivity index (χ0n) is 11.9. The van der Waals surface area contributed by atoms with Crippen LogP contribution in [0.3, 0.4) is 0 Å². The monoisotopic (exact) mass is 298 g/mol. The lowest BCUT2D eigenvalue weighted by atomic mass is 10.1. The van der Waals surface area contributed by atoms with Gasteiger partial charge in [-0.3, -0.25) is 9.78 Å². The largest absolute Gasteiger partial charge is 0.479 e. The highest BCUT2D eigenvalue weighted by Crippen LogP contribution is 2.05. The topological polar surface area (TPSA) is 51.2 Å². The Labute approximate surface area is 128 Å². The molecule has 1 aromatic heterocycles. The molecule has 4 nitrogen and oxygen atoms in total. The normalized spacial score (nSPS) is 9.50. The number of aromatic nitrogens is 1. The zero-order chi connectivity index (χ0) is 15.6. The van der Waals surface area contributed by atoms with Gasteiger partial charge in [-0.15, -0.1) is 0 Å². The van der Waals surface area contributed by atoms with Gasteiger partial charge in [0.2, 0.25) is 5.91 Å². The van der Waals surface area contributed by atoms with Gasteiger partial charge >= 0.3 is 0 Å². The number of hydrogen-bond donors (Lipinski definition) is 1. The standard InChI is InChI=1S/C17H15FN2O2/c18-15-7-5-14(6-8-15)12-17(21)20-10-1-2-11-22-16-4-3-9-19-13-16/h3-9,13H,10-12H2,(H,20,21). The average Bonchev–Trinajstić information content (AvgIpc) is 2.54. The number of nitrogens with zero attached hydrogens (tertiary/aromatic N) is 1. The van der Waals surface area contributed by atoms with E-state index in [0.29, 0.717) is 5.75 Å². The van der Waals surface area contributed by atoms with Crippen LogP contribution in [0.4, 0.5) is 4.39 Å². The molecule has 0 fully saturated rings. The first-order valence-corrected chi connectivity index (χ1v) is 6.74. The first-order valence-electron chi connectivity index (χ1n) is 6.74. The summed E-state index contributed by atoms with van der Waals surface area (Å²) in [6.45, 7) is 0.482. The molecule has 2 aromatic rings. The Kier molecular flexibility index (Phi) is 5.94. The van der Waals surface area contributed by atoms with Crippen LogP contribution in [0.2, 0.25) is 0 Å². The fourth-order valence-corrected chi connectivity index (χ4v) is 1.66. The first kappa shape index (κ1) is 15.5. The molecular formula is C17H15FN2O2. The van der Waals surface area contributed by atoms with E-state index in [-0.39, 0.29) is 31.3 Å². The molecule has 0 aliphatic rings. The Balaban J connectivity index is 1.65. The third-order valence-electron chi connectivity index (χ3n) is 2.72. The number of rotatable bonds is 5. The maximum Gasteiger partial charge on any atom is 0.225 e. The van der Waals surface area contributed by atoms with Gasteiger partial charge in [-0.05, 0) is 29.8 Å². The fraction of sp³-hybridized carbons (Fsp3) is 0.176. The molecule has 0 radical (unpaired) electrons. The highest BCUT2D eigenvalue weighted by Gasteiger charge is 2.01. The van der Waals surface area contributed by atoms with E-state index in [2.05, 4.69) is 22.1 Å². The highest BCUT2D eigenvalue weighted by atomic mass is 19.1. The minimum Gasteiger partial charge on any atom is -0.479 e. The number of amides is 1. The number of hydrogen-bond acceptors (Lipinski definition) is 3. The van der Waals surface area contributed by atoms with Gasteiger partial charge in [0.1, 0.15) is 18.2 Å². The van der Waals surface area contributed by atoms with Crippen LogP contribution in [0.15, 0.2) is 48.8 Å². The first-order chi connectivity index (χ1) is 10.7. The predicted octanol–water partition coefficient (Wildman–Crippen LogP) is 1.96. The molecule has 0 bridgehead atoms. The molecule has 1 amide bonds. The summed E-state index contributed by atoms with van der Waals surface area (Å²) < 4.78 is 18.1. The third kappa shape index (κ3) is 5.63. The van der Waals surface area contributed by atoms with E-state index in [4.69, 9.17) is 4.74 Å². The van der Waals surface area contributed by atoms with Crippen molar-refractivity contribution in [2.24, 2.45) is 0 Å². The predicted molar refractivity (Wildman–Crippen MR) is 80.6 cm³/mol. The van der Waals surface area contributed by atoms with Crippen molar-refractivity contribution in [3.63, 3.8) is 0 Å². The summed E-state index contributed by atoms with van der Waals surface area (Å²) in [4.78, 5) is 15.6. The van der Waals surface area contributed by atoms with Crippen molar-refractivity contribution < 1.29 is 13.9 Å². The van der Waals surface area contributed by atoms with E-state index in [0.717, 1.165) is 5.56 Å². The Morgan fingerprint density at radius 1 is 1.23 bits per heavy atom. The number of benzene rings is 1. The Morgan fingerprint density at radius 2 is 2.05 bits per heavy atom. The zero-order valence-corrected chi connectivity index (χ0v) is 11.9. The van der Waals surface area contributed by atoms with Crippen molar-refractivity contribution in [1.29, 1.82) is 0 Å². The van der Waals surface area contributed by atoms with Crippen LogP contribution in [-0.2, 0) is 11.2 Å². The molecule has 5 heteroatoms. The second kappa shape index (κ2) is 8.42. The summed E-state index contributed by atoms with van der Waals surface area (Å²) in [5, 5.41) is 2.67. The second-order valence-electron chi connectivity index (χ2n) is 4.41. The molecule has 1 aromatic carbocycles. The maximum atomic E-state index is 12.7. The maximum absolute atomic E-state index is 12.7. The minimum absolute atomic E-state index is 0.158. The van der Waals surface area contributed by atoms with Crippen LogP contribution in [0.25, 0.3) is 0 Å². The van der Waals surface area contributed by atoms with Gasteiger partial charge in [0.05, 0.1) is 19.2 Å². The van der Waals surface area contributed by atoms with Crippen molar-refractivity contribution in [3.8, 4) is 17.6 Å². The van der Waals surface area contributed by atoms with Crippen LogP contribution in [-0.4, -0.2) is 24.0 Å². The van der Waals surface area contributed by atoms with Crippen molar-refractivity contribution in [1.82, 2.24) is 10.3 Å². The molecule has 0 unspecified atom stereocenters. The summed E-state index contributed by atoms with van der Waals surface area (Å²) in [7, 11) is 0. The molecule has 0 saturated carbocycles. The quantitative estimate of drug-likeness (QED) is 0.859. The Bertz CT molecular complexity index is 661. The molecule has 1 heterocycles. The van der Waals surface area contributed by atoms with E-state index in [1.54, 1.807) is 36.7 Å². The Morgan fingerprint density at radius 3 is 2.77 bits per heavy atom. The molecule has 0 aliphatic heterocycles. The van der Waals surface area contributed by atoms with Crippen LogP contribution in [0.1, 0.15) is 5.56 Å². The van der Waals surface area contributed by atoms with Gasteiger partial charge in [-0.25, -0.2) is 4.39 Å². The average molecular weight is 298 g/mol. The van der Waals surface area contributed by atoms with Gasteiger partial charge < -0.3 is 10.1 Å². The fourth-order valence-electron chi connectivity index (χ4n) is 1.66. The lowest BCUT2D eigenvalue weighted by Gasteiger charge is -2.02. The Hall–Kier alpha value is -2.87. The van der Waals surface area contributed by atoms with Crippen molar-refractivity contribution in [2.45, 2.75) is 6.42 Å². The molecule has 22 heavy (non-hydrogen) atoms. The van der Waals surface area contributed by atoms with E-state index >= 15 is 0 Å². The van der Waals surface area contributed by atoms with Gasteiger partial charge in [-0.2, -0.15) is 0 Å². The van der Waals surface area contributed by atoms with Gasteiger partial charge in [0, 0.05) is 6.20 Å². The summed E-state index contributed by atoms with van der Waals surface area (Å²) >= 11 is 0. The molecule has 2 rings (SSSR count). The third-order valence-corrected chi connectivity index (χ3v) is 2.72.